The van der Waals surface area contributed by atoms with Crippen molar-refractivity contribution in [3.8, 4) is 17.4 Å². The molecule has 0 aliphatic heterocycles. The van der Waals surface area contributed by atoms with Gasteiger partial charge in [0.1, 0.15) is 11.5 Å². The van der Waals surface area contributed by atoms with Crippen LogP contribution in [-0.2, 0) is 0 Å². The van der Waals surface area contributed by atoms with Crippen molar-refractivity contribution in [1.82, 2.24) is 9.97 Å². The van der Waals surface area contributed by atoms with Gasteiger partial charge in [0.15, 0.2) is 0 Å². The van der Waals surface area contributed by atoms with Gasteiger partial charge in [0.2, 0.25) is 5.95 Å². The monoisotopic (exact) mass is 228 g/mol. The van der Waals surface area contributed by atoms with Crippen LogP contribution < -0.4 is 5.32 Å². The third kappa shape index (κ3) is 2.82. The number of hydrogen-bond donors (Lipinski definition) is 1. The molecule has 2 aromatic heterocycles. The van der Waals surface area contributed by atoms with E-state index in [0.717, 1.165) is 17.1 Å². The number of rotatable bonds is 4. The normalized spacial score (nSPS) is 9.88. The van der Waals surface area contributed by atoms with Crippen LogP contribution in [0.25, 0.3) is 11.3 Å². The third-order valence-electron chi connectivity index (χ3n) is 2.20. The fourth-order valence-electron chi connectivity index (χ4n) is 1.37. The van der Waals surface area contributed by atoms with Crippen molar-refractivity contribution in [2.24, 2.45) is 0 Å². The van der Waals surface area contributed by atoms with E-state index >= 15 is 0 Å². The molecule has 1 N–H and O–H groups in total. The van der Waals surface area contributed by atoms with Gasteiger partial charge in [-0.1, -0.05) is 0 Å². The summed E-state index contributed by atoms with van der Waals surface area (Å²) < 4.78 is 5.46. The van der Waals surface area contributed by atoms with E-state index in [2.05, 4.69) is 15.3 Å². The molecule has 0 saturated heterocycles. The highest BCUT2D eigenvalue weighted by Crippen LogP contribution is 2.20. The van der Waals surface area contributed by atoms with Crippen molar-refractivity contribution in [3.63, 3.8) is 0 Å². The molecule has 86 valence electrons. The predicted octanol–water partition coefficient (Wildman–Crippen LogP) is 2.37. The Kier molecular flexibility index (Phi) is 3.36. The summed E-state index contributed by atoms with van der Waals surface area (Å²) in [5, 5.41) is 11.4. The number of aromatic nitrogens is 2. The van der Waals surface area contributed by atoms with Gasteiger partial charge in [-0.25, -0.2) is 9.97 Å². The first-order valence-corrected chi connectivity index (χ1v) is 5.29. The van der Waals surface area contributed by atoms with Crippen molar-refractivity contribution in [1.29, 1.82) is 5.26 Å². The van der Waals surface area contributed by atoms with Crippen molar-refractivity contribution < 1.29 is 4.42 Å². The van der Waals surface area contributed by atoms with Gasteiger partial charge in [0.05, 0.1) is 18.1 Å². The Bertz CT molecular complexity index is 524. The van der Waals surface area contributed by atoms with E-state index in [1.807, 2.05) is 25.1 Å². The first-order valence-electron chi connectivity index (χ1n) is 5.29. The summed E-state index contributed by atoms with van der Waals surface area (Å²) >= 11 is 0. The van der Waals surface area contributed by atoms with Gasteiger partial charge >= 0.3 is 0 Å². The molecule has 2 heterocycles. The largest absolute Gasteiger partial charge is 0.461 e. The average Bonchev–Trinajstić information content (AvgIpc) is 2.77. The maximum absolute atomic E-state index is 8.40. The van der Waals surface area contributed by atoms with Crippen molar-refractivity contribution in [3.05, 3.63) is 30.3 Å². The lowest BCUT2D eigenvalue weighted by molar-refractivity contribution is 0.548. The SMILES string of the molecule is Cc1ccc(-c2cnc(NCCC#N)nc2)o1. The summed E-state index contributed by atoms with van der Waals surface area (Å²) in [6.07, 6.45) is 3.82. The molecule has 17 heavy (non-hydrogen) atoms. The molecule has 0 bridgehead atoms. The molecule has 2 rings (SSSR count). The zero-order valence-electron chi connectivity index (χ0n) is 9.47. The number of hydrogen-bond acceptors (Lipinski definition) is 5. The van der Waals surface area contributed by atoms with Crippen LogP contribution in [0.2, 0.25) is 0 Å². The Morgan fingerprint density at radius 3 is 2.71 bits per heavy atom. The van der Waals surface area contributed by atoms with Crippen LogP contribution in [-0.4, -0.2) is 16.5 Å². The molecule has 0 atom stereocenters. The predicted molar refractivity (Wildman–Crippen MR) is 63.2 cm³/mol. The molecule has 0 unspecified atom stereocenters. The molecule has 0 radical (unpaired) electrons. The molecule has 2 aromatic rings. The Hall–Kier alpha value is -2.35. The molecule has 5 nitrogen and oxygen atoms in total. The van der Waals surface area contributed by atoms with E-state index < -0.39 is 0 Å². The molecule has 5 heteroatoms. The molecule has 0 aliphatic rings. The van der Waals surface area contributed by atoms with E-state index in [-0.39, 0.29) is 0 Å². The zero-order chi connectivity index (χ0) is 12.1. The summed E-state index contributed by atoms with van der Waals surface area (Å²) in [5.41, 5.74) is 0.837. The molecule has 0 saturated carbocycles. The van der Waals surface area contributed by atoms with Crippen molar-refractivity contribution >= 4 is 5.95 Å². The van der Waals surface area contributed by atoms with Crippen LogP contribution in [0.4, 0.5) is 5.95 Å². The fraction of sp³-hybridized carbons (Fsp3) is 0.250. The number of nitrogens with zero attached hydrogens (tertiary/aromatic N) is 3. The Morgan fingerprint density at radius 2 is 2.12 bits per heavy atom. The summed E-state index contributed by atoms with van der Waals surface area (Å²) in [4.78, 5) is 8.29. The molecule has 0 fully saturated rings. The molecule has 0 aliphatic carbocycles. The average molecular weight is 228 g/mol. The number of anilines is 1. The first-order chi connectivity index (χ1) is 8.29. The Balaban J connectivity index is 2.05. The van der Waals surface area contributed by atoms with Crippen molar-refractivity contribution in [2.45, 2.75) is 13.3 Å². The summed E-state index contributed by atoms with van der Waals surface area (Å²) in [7, 11) is 0. The van der Waals surface area contributed by atoms with Crippen LogP contribution in [0.15, 0.2) is 28.9 Å². The summed E-state index contributed by atoms with van der Waals surface area (Å²) in [6, 6.07) is 5.83. The van der Waals surface area contributed by atoms with Crippen LogP contribution in [0.3, 0.4) is 0 Å². The maximum Gasteiger partial charge on any atom is 0.222 e. The minimum absolute atomic E-state index is 0.433. The minimum atomic E-state index is 0.433. The van der Waals surface area contributed by atoms with E-state index in [0.29, 0.717) is 18.9 Å². The molecule has 0 amide bonds. The van der Waals surface area contributed by atoms with E-state index in [1.54, 1.807) is 12.4 Å². The summed E-state index contributed by atoms with van der Waals surface area (Å²) in [5.74, 6) is 2.13. The van der Waals surface area contributed by atoms with Gasteiger partial charge in [-0.15, -0.1) is 0 Å². The number of aryl methyl sites for hydroxylation is 1. The van der Waals surface area contributed by atoms with Gasteiger partial charge in [0, 0.05) is 18.9 Å². The number of nitriles is 1. The Labute approximate surface area is 99.1 Å². The molecule has 0 spiro atoms. The lowest BCUT2D eigenvalue weighted by atomic mass is 10.3. The topological polar surface area (TPSA) is 74.7 Å². The summed E-state index contributed by atoms with van der Waals surface area (Å²) in [6.45, 7) is 2.44. The minimum Gasteiger partial charge on any atom is -0.461 e. The van der Waals surface area contributed by atoms with E-state index in [9.17, 15) is 0 Å². The van der Waals surface area contributed by atoms with Crippen molar-refractivity contribution in [2.75, 3.05) is 11.9 Å². The highest BCUT2D eigenvalue weighted by atomic mass is 16.3. The lowest BCUT2D eigenvalue weighted by Gasteiger charge is -2.01. The zero-order valence-corrected chi connectivity index (χ0v) is 9.47. The molecular formula is C12H12N4O. The Morgan fingerprint density at radius 1 is 1.35 bits per heavy atom. The molecule has 0 aromatic carbocycles. The maximum atomic E-state index is 8.40. The lowest BCUT2D eigenvalue weighted by Crippen LogP contribution is -2.04. The van der Waals surface area contributed by atoms with Gasteiger partial charge in [-0.3, -0.25) is 0 Å². The fourth-order valence-corrected chi connectivity index (χ4v) is 1.37. The van der Waals surface area contributed by atoms with Gasteiger partial charge < -0.3 is 9.73 Å². The smallest absolute Gasteiger partial charge is 0.222 e. The quantitative estimate of drug-likeness (QED) is 0.813. The number of nitrogens with one attached hydrogen (secondary N) is 1. The van der Waals surface area contributed by atoms with Crippen LogP contribution >= 0.6 is 0 Å². The van der Waals surface area contributed by atoms with E-state index in [4.69, 9.17) is 9.68 Å². The molecular weight excluding hydrogens is 216 g/mol. The third-order valence-corrected chi connectivity index (χ3v) is 2.20. The second kappa shape index (κ2) is 5.12. The van der Waals surface area contributed by atoms with Crippen LogP contribution in [0.5, 0.6) is 0 Å². The second-order valence-electron chi connectivity index (χ2n) is 3.54. The van der Waals surface area contributed by atoms with Gasteiger partial charge in [0.25, 0.3) is 0 Å². The highest BCUT2D eigenvalue weighted by molar-refractivity contribution is 5.55. The highest BCUT2D eigenvalue weighted by Gasteiger charge is 2.03. The van der Waals surface area contributed by atoms with E-state index in [1.165, 1.54) is 0 Å². The van der Waals surface area contributed by atoms with Crippen LogP contribution in [0, 0.1) is 18.3 Å². The van der Waals surface area contributed by atoms with Gasteiger partial charge in [-0.05, 0) is 19.1 Å². The standard InChI is InChI=1S/C12H12N4O/c1-9-3-4-11(17-9)10-7-15-12(16-8-10)14-6-2-5-13/h3-4,7-8H,2,6H2,1H3,(H,14,15,16). The second-order valence-corrected chi connectivity index (χ2v) is 3.54. The number of furan rings is 1. The van der Waals surface area contributed by atoms with Crippen LogP contribution in [0.1, 0.15) is 12.2 Å². The first kappa shape index (κ1) is 11.1. The van der Waals surface area contributed by atoms with Gasteiger partial charge in [-0.2, -0.15) is 5.26 Å².